The van der Waals surface area contributed by atoms with Crippen molar-refractivity contribution in [2.75, 3.05) is 7.05 Å². The Labute approximate surface area is 84.2 Å². The first kappa shape index (κ1) is 11.2. The van der Waals surface area contributed by atoms with E-state index in [1.165, 1.54) is 16.7 Å². The third-order valence-corrected chi connectivity index (χ3v) is 4.30. The monoisotopic (exact) mass is 217 g/mol. The van der Waals surface area contributed by atoms with Crippen LogP contribution in [0.5, 0.6) is 0 Å². The summed E-state index contributed by atoms with van der Waals surface area (Å²) in [7, 11) is -1.79. The lowest BCUT2D eigenvalue weighted by atomic mass is 10.3. The van der Waals surface area contributed by atoms with Crippen LogP contribution in [0.2, 0.25) is 0 Å². The second kappa shape index (κ2) is 4.10. The first-order valence-corrected chi connectivity index (χ1v) is 5.91. The lowest BCUT2D eigenvalue weighted by Crippen LogP contribution is -2.34. The Morgan fingerprint density at radius 3 is 2.71 bits per heavy atom. The number of hydrogen-bond acceptors (Lipinski definition) is 3. The Morgan fingerprint density at radius 1 is 1.64 bits per heavy atom. The lowest BCUT2D eigenvalue weighted by Gasteiger charge is -2.22. The molecule has 0 aliphatic heterocycles. The van der Waals surface area contributed by atoms with Crippen molar-refractivity contribution >= 4 is 10.0 Å². The number of nitrogens with one attached hydrogen (secondary N) is 1. The summed E-state index contributed by atoms with van der Waals surface area (Å²) in [6.07, 6.45) is 3.48. The van der Waals surface area contributed by atoms with E-state index in [0.717, 1.165) is 6.42 Å². The zero-order valence-electron chi connectivity index (χ0n) is 8.56. The van der Waals surface area contributed by atoms with Crippen molar-refractivity contribution in [3.05, 3.63) is 12.4 Å². The molecule has 0 radical (unpaired) electrons. The maximum Gasteiger partial charge on any atom is 0.246 e. The summed E-state index contributed by atoms with van der Waals surface area (Å²) in [4.78, 5) is 0.209. The first-order chi connectivity index (χ1) is 6.50. The number of aromatic amines is 1. The molecule has 0 aliphatic carbocycles. The largest absolute Gasteiger partial charge is 0.284 e. The molecule has 1 unspecified atom stereocenters. The molecule has 0 aliphatic rings. The Hall–Kier alpha value is -0.880. The first-order valence-electron chi connectivity index (χ1n) is 4.47. The third-order valence-electron chi connectivity index (χ3n) is 2.36. The van der Waals surface area contributed by atoms with Gasteiger partial charge in [0.25, 0.3) is 0 Å². The zero-order valence-corrected chi connectivity index (χ0v) is 9.37. The van der Waals surface area contributed by atoms with Gasteiger partial charge in [0.05, 0.1) is 6.20 Å². The summed E-state index contributed by atoms with van der Waals surface area (Å²) < 4.78 is 25.1. The van der Waals surface area contributed by atoms with Crippen LogP contribution >= 0.6 is 0 Å². The number of rotatable bonds is 4. The summed E-state index contributed by atoms with van der Waals surface area (Å²) in [5, 5.41) is 6.12. The van der Waals surface area contributed by atoms with Crippen LogP contribution < -0.4 is 0 Å². The third kappa shape index (κ3) is 1.96. The number of aromatic nitrogens is 2. The molecule has 1 N–H and O–H groups in total. The van der Waals surface area contributed by atoms with Crippen molar-refractivity contribution in [3.63, 3.8) is 0 Å². The highest BCUT2D eigenvalue weighted by Gasteiger charge is 2.24. The molecule has 0 bridgehead atoms. The van der Waals surface area contributed by atoms with Crippen LogP contribution in [-0.2, 0) is 10.0 Å². The van der Waals surface area contributed by atoms with Crippen molar-refractivity contribution in [1.82, 2.24) is 14.5 Å². The van der Waals surface area contributed by atoms with Crippen molar-refractivity contribution in [2.24, 2.45) is 0 Å². The van der Waals surface area contributed by atoms with Crippen molar-refractivity contribution < 1.29 is 8.42 Å². The summed E-state index contributed by atoms with van der Waals surface area (Å²) in [5.74, 6) is 0. The molecule has 0 amide bonds. The van der Waals surface area contributed by atoms with Crippen LogP contribution in [-0.4, -0.2) is 36.0 Å². The number of hydrogen-bond donors (Lipinski definition) is 1. The maximum absolute atomic E-state index is 11.9. The van der Waals surface area contributed by atoms with Gasteiger partial charge in [-0.15, -0.1) is 0 Å². The van der Waals surface area contributed by atoms with E-state index in [1.807, 2.05) is 13.8 Å². The van der Waals surface area contributed by atoms with Gasteiger partial charge in [0, 0.05) is 19.3 Å². The maximum atomic E-state index is 11.9. The highest BCUT2D eigenvalue weighted by atomic mass is 32.2. The van der Waals surface area contributed by atoms with Crippen LogP contribution in [0.1, 0.15) is 20.3 Å². The second-order valence-electron chi connectivity index (χ2n) is 3.21. The van der Waals surface area contributed by atoms with Gasteiger partial charge >= 0.3 is 0 Å². The standard InChI is InChI=1S/C8H15N3O2S/c1-4-7(2)11(3)14(12,13)8-5-9-10-6-8/h5-7H,4H2,1-3H3,(H,9,10). The average molecular weight is 217 g/mol. The van der Waals surface area contributed by atoms with Crippen LogP contribution in [0.4, 0.5) is 0 Å². The molecule has 0 saturated carbocycles. The molecule has 1 rings (SSSR count). The molecule has 1 heterocycles. The summed E-state index contributed by atoms with van der Waals surface area (Å²) in [6, 6.07) is -0.00472. The summed E-state index contributed by atoms with van der Waals surface area (Å²) in [6.45, 7) is 3.82. The predicted molar refractivity (Wildman–Crippen MR) is 53.3 cm³/mol. The minimum atomic E-state index is -3.37. The van der Waals surface area contributed by atoms with Gasteiger partial charge in [-0.3, -0.25) is 5.10 Å². The van der Waals surface area contributed by atoms with Crippen LogP contribution in [0.3, 0.4) is 0 Å². The second-order valence-corrected chi connectivity index (χ2v) is 5.21. The van der Waals surface area contributed by atoms with Gasteiger partial charge < -0.3 is 0 Å². The molecule has 0 saturated heterocycles. The number of H-pyrrole nitrogens is 1. The van der Waals surface area contributed by atoms with Crippen LogP contribution in [0.25, 0.3) is 0 Å². The molecule has 1 aromatic rings. The molecular weight excluding hydrogens is 202 g/mol. The Bertz CT molecular complexity index is 371. The van der Waals surface area contributed by atoms with Crippen LogP contribution in [0, 0.1) is 0 Å². The summed E-state index contributed by atoms with van der Waals surface area (Å²) in [5.41, 5.74) is 0. The van der Waals surface area contributed by atoms with E-state index >= 15 is 0 Å². The van der Waals surface area contributed by atoms with E-state index in [4.69, 9.17) is 0 Å². The smallest absolute Gasteiger partial charge is 0.246 e. The zero-order chi connectivity index (χ0) is 10.8. The van der Waals surface area contributed by atoms with E-state index in [9.17, 15) is 8.42 Å². The number of nitrogens with zero attached hydrogens (tertiary/aromatic N) is 2. The molecule has 80 valence electrons. The molecule has 5 nitrogen and oxygen atoms in total. The molecule has 6 heteroatoms. The molecule has 1 atom stereocenters. The molecule has 1 aromatic heterocycles. The van der Waals surface area contributed by atoms with Crippen molar-refractivity contribution in [2.45, 2.75) is 31.2 Å². The van der Waals surface area contributed by atoms with E-state index < -0.39 is 10.0 Å². The van der Waals surface area contributed by atoms with Gasteiger partial charge in [0.15, 0.2) is 0 Å². The SMILES string of the molecule is CCC(C)N(C)S(=O)(=O)c1cn[nH]c1. The van der Waals surface area contributed by atoms with Crippen molar-refractivity contribution in [3.8, 4) is 0 Å². The van der Waals surface area contributed by atoms with E-state index in [1.54, 1.807) is 7.05 Å². The van der Waals surface area contributed by atoms with Gasteiger partial charge in [-0.25, -0.2) is 8.42 Å². The minimum Gasteiger partial charge on any atom is -0.284 e. The molecule has 0 spiro atoms. The van der Waals surface area contributed by atoms with Gasteiger partial charge in [-0.1, -0.05) is 6.92 Å². The number of sulfonamides is 1. The van der Waals surface area contributed by atoms with Gasteiger partial charge in [0.2, 0.25) is 10.0 Å². The van der Waals surface area contributed by atoms with Crippen molar-refractivity contribution in [1.29, 1.82) is 0 Å². The van der Waals surface area contributed by atoms with Gasteiger partial charge in [-0.05, 0) is 13.3 Å². The van der Waals surface area contributed by atoms with Gasteiger partial charge in [0.1, 0.15) is 4.90 Å². The fraction of sp³-hybridized carbons (Fsp3) is 0.625. The lowest BCUT2D eigenvalue weighted by molar-refractivity contribution is 0.380. The normalized spacial score (nSPS) is 14.6. The van der Waals surface area contributed by atoms with Gasteiger partial charge in [-0.2, -0.15) is 9.40 Å². The fourth-order valence-electron chi connectivity index (χ4n) is 1.04. The molecule has 0 fully saturated rings. The molecular formula is C8H15N3O2S. The predicted octanol–water partition coefficient (Wildman–Crippen LogP) is 0.829. The van der Waals surface area contributed by atoms with E-state index in [2.05, 4.69) is 10.2 Å². The topological polar surface area (TPSA) is 66.1 Å². The quantitative estimate of drug-likeness (QED) is 0.812. The minimum absolute atomic E-state index is 0.00472. The Morgan fingerprint density at radius 2 is 2.29 bits per heavy atom. The van der Waals surface area contributed by atoms with E-state index in [0.29, 0.717) is 0 Å². The highest BCUT2D eigenvalue weighted by molar-refractivity contribution is 7.89. The molecule has 0 aromatic carbocycles. The Kier molecular flexibility index (Phi) is 3.28. The fourth-order valence-corrected chi connectivity index (χ4v) is 2.38. The van der Waals surface area contributed by atoms with Crippen LogP contribution in [0.15, 0.2) is 17.3 Å². The molecule has 14 heavy (non-hydrogen) atoms. The highest BCUT2D eigenvalue weighted by Crippen LogP contribution is 2.15. The van der Waals surface area contributed by atoms with E-state index in [-0.39, 0.29) is 10.9 Å². The average Bonchev–Trinajstić information content (AvgIpc) is 2.68. The summed E-state index contributed by atoms with van der Waals surface area (Å²) >= 11 is 0. The Balaban J connectivity index is 2.97.